The van der Waals surface area contributed by atoms with Crippen LogP contribution in [0.2, 0.25) is 0 Å². The van der Waals surface area contributed by atoms with E-state index in [2.05, 4.69) is 4.98 Å². The summed E-state index contributed by atoms with van der Waals surface area (Å²) in [5, 5.41) is 9.83. The number of hydrogen-bond donors (Lipinski definition) is 1. The van der Waals surface area contributed by atoms with E-state index in [4.69, 9.17) is 9.84 Å². The van der Waals surface area contributed by atoms with E-state index in [9.17, 15) is 0 Å². The molecule has 1 aromatic heterocycles. The highest BCUT2D eigenvalue weighted by Gasteiger charge is 2.09. The average Bonchev–Trinajstić information content (AvgIpc) is 2.71. The van der Waals surface area contributed by atoms with Crippen molar-refractivity contribution in [1.82, 2.24) is 4.98 Å². The maximum atomic E-state index is 9.08. The Hall–Kier alpha value is -1.39. The van der Waals surface area contributed by atoms with E-state index < -0.39 is 0 Å². The van der Waals surface area contributed by atoms with Crippen molar-refractivity contribution >= 4 is 11.3 Å². The van der Waals surface area contributed by atoms with Gasteiger partial charge in [-0.05, 0) is 31.5 Å². The van der Waals surface area contributed by atoms with Gasteiger partial charge < -0.3 is 9.84 Å². The number of benzene rings is 1. The molecule has 0 spiro atoms. The lowest BCUT2D eigenvalue weighted by molar-refractivity contribution is 0.281. The van der Waals surface area contributed by atoms with Crippen LogP contribution in [0.4, 0.5) is 0 Å². The largest absolute Gasteiger partial charge is 0.494 e. The summed E-state index contributed by atoms with van der Waals surface area (Å²) in [5.74, 6) is 0.864. The summed E-state index contributed by atoms with van der Waals surface area (Å²) >= 11 is 1.52. The number of thiazole rings is 1. The molecule has 3 nitrogen and oxygen atoms in total. The quantitative estimate of drug-likeness (QED) is 0.905. The van der Waals surface area contributed by atoms with Crippen LogP contribution in [-0.4, -0.2) is 16.7 Å². The molecule has 0 aliphatic carbocycles. The zero-order valence-electron chi connectivity index (χ0n) is 9.93. The Morgan fingerprint density at radius 2 is 2.24 bits per heavy atom. The van der Waals surface area contributed by atoms with Gasteiger partial charge in [0.25, 0.3) is 0 Å². The molecule has 17 heavy (non-hydrogen) atoms. The molecular formula is C13H15NO2S. The second-order valence-electron chi connectivity index (χ2n) is 3.64. The topological polar surface area (TPSA) is 42.4 Å². The summed E-state index contributed by atoms with van der Waals surface area (Å²) in [4.78, 5) is 5.40. The number of rotatable bonds is 4. The van der Waals surface area contributed by atoms with E-state index >= 15 is 0 Å². The maximum Gasteiger partial charge on any atom is 0.119 e. The SMILES string of the molecule is CCOc1cccc(-c2sc(CO)nc2C)c1. The third-order valence-corrected chi connectivity index (χ3v) is 3.57. The fraction of sp³-hybridized carbons (Fsp3) is 0.308. The Morgan fingerprint density at radius 3 is 2.88 bits per heavy atom. The molecule has 1 aromatic carbocycles. The van der Waals surface area contributed by atoms with Crippen LogP contribution in [0.15, 0.2) is 24.3 Å². The Balaban J connectivity index is 2.37. The predicted octanol–water partition coefficient (Wildman–Crippen LogP) is 3.01. The molecule has 2 rings (SSSR count). The summed E-state index contributed by atoms with van der Waals surface area (Å²) in [6.45, 7) is 4.58. The van der Waals surface area contributed by atoms with Gasteiger partial charge in [-0.25, -0.2) is 4.98 Å². The zero-order chi connectivity index (χ0) is 12.3. The minimum absolute atomic E-state index is 0.00332. The fourth-order valence-electron chi connectivity index (χ4n) is 1.68. The highest BCUT2D eigenvalue weighted by Crippen LogP contribution is 2.31. The fourth-order valence-corrected chi connectivity index (χ4v) is 2.60. The van der Waals surface area contributed by atoms with E-state index in [0.29, 0.717) is 6.61 Å². The summed E-state index contributed by atoms with van der Waals surface area (Å²) in [5.41, 5.74) is 2.04. The summed E-state index contributed by atoms with van der Waals surface area (Å²) in [6, 6.07) is 7.95. The van der Waals surface area contributed by atoms with Crippen molar-refractivity contribution < 1.29 is 9.84 Å². The number of aliphatic hydroxyl groups is 1. The minimum atomic E-state index is -0.00332. The van der Waals surface area contributed by atoms with Gasteiger partial charge in [0.1, 0.15) is 10.8 Å². The molecule has 1 N–H and O–H groups in total. The molecule has 2 aromatic rings. The molecule has 4 heteroatoms. The molecule has 1 heterocycles. The first-order valence-corrected chi connectivity index (χ1v) is 6.36. The smallest absolute Gasteiger partial charge is 0.119 e. The first-order chi connectivity index (χ1) is 8.24. The van der Waals surface area contributed by atoms with Gasteiger partial charge in [-0.15, -0.1) is 11.3 Å². The van der Waals surface area contributed by atoms with Gasteiger partial charge in [0.2, 0.25) is 0 Å². The third-order valence-electron chi connectivity index (χ3n) is 2.38. The number of ether oxygens (including phenoxy) is 1. The number of aryl methyl sites for hydroxylation is 1. The summed E-state index contributed by atoms with van der Waals surface area (Å²) in [7, 11) is 0. The molecule has 0 bridgehead atoms. The zero-order valence-corrected chi connectivity index (χ0v) is 10.8. The molecule has 90 valence electrons. The number of aliphatic hydroxyl groups excluding tert-OH is 1. The standard InChI is InChI=1S/C13H15NO2S/c1-3-16-11-6-4-5-10(7-11)13-9(2)14-12(8-15)17-13/h4-7,15H,3,8H2,1-2H3. The van der Waals surface area contributed by atoms with Crippen molar-refractivity contribution in [3.05, 3.63) is 35.0 Å². The normalized spacial score (nSPS) is 10.5. The van der Waals surface area contributed by atoms with Crippen molar-refractivity contribution in [2.75, 3.05) is 6.61 Å². The Labute approximate surface area is 105 Å². The van der Waals surface area contributed by atoms with E-state index in [1.807, 2.05) is 38.1 Å². The van der Waals surface area contributed by atoms with Gasteiger partial charge in [0, 0.05) is 0 Å². The van der Waals surface area contributed by atoms with Gasteiger partial charge in [0.15, 0.2) is 0 Å². The molecular weight excluding hydrogens is 234 g/mol. The van der Waals surface area contributed by atoms with Gasteiger partial charge >= 0.3 is 0 Å². The summed E-state index contributed by atoms with van der Waals surface area (Å²) in [6.07, 6.45) is 0. The lowest BCUT2D eigenvalue weighted by Crippen LogP contribution is -1.91. The van der Waals surface area contributed by atoms with Crippen LogP contribution in [0.25, 0.3) is 10.4 Å². The third kappa shape index (κ3) is 2.65. The highest BCUT2D eigenvalue weighted by atomic mass is 32.1. The Kier molecular flexibility index (Phi) is 3.76. The molecule has 0 aliphatic rings. The van der Waals surface area contributed by atoms with Gasteiger partial charge in [-0.2, -0.15) is 0 Å². The van der Waals surface area contributed by atoms with Crippen LogP contribution in [0.3, 0.4) is 0 Å². The first kappa shape index (κ1) is 12.1. The molecule has 0 unspecified atom stereocenters. The lowest BCUT2D eigenvalue weighted by atomic mass is 10.1. The Bertz CT molecular complexity index is 508. The van der Waals surface area contributed by atoms with Gasteiger partial charge in [0.05, 0.1) is 23.8 Å². The van der Waals surface area contributed by atoms with Crippen LogP contribution in [0, 0.1) is 6.92 Å². The minimum Gasteiger partial charge on any atom is -0.494 e. The first-order valence-electron chi connectivity index (χ1n) is 5.55. The van der Waals surface area contributed by atoms with Crippen molar-refractivity contribution in [2.24, 2.45) is 0 Å². The van der Waals surface area contributed by atoms with Crippen LogP contribution in [-0.2, 0) is 6.61 Å². The molecule has 0 amide bonds. The van der Waals surface area contributed by atoms with E-state index in [1.54, 1.807) is 0 Å². The second-order valence-corrected chi connectivity index (χ2v) is 4.72. The average molecular weight is 249 g/mol. The van der Waals surface area contributed by atoms with Crippen molar-refractivity contribution in [3.8, 4) is 16.2 Å². The second kappa shape index (κ2) is 5.29. The van der Waals surface area contributed by atoms with Crippen LogP contribution in [0.5, 0.6) is 5.75 Å². The lowest BCUT2D eigenvalue weighted by Gasteiger charge is -2.04. The summed E-state index contributed by atoms with van der Waals surface area (Å²) < 4.78 is 5.48. The number of aromatic nitrogens is 1. The van der Waals surface area contributed by atoms with Gasteiger partial charge in [-0.1, -0.05) is 12.1 Å². The molecule has 0 radical (unpaired) electrons. The van der Waals surface area contributed by atoms with Crippen molar-refractivity contribution in [3.63, 3.8) is 0 Å². The van der Waals surface area contributed by atoms with Crippen LogP contribution in [0.1, 0.15) is 17.6 Å². The molecule has 0 aliphatic heterocycles. The van der Waals surface area contributed by atoms with Crippen LogP contribution >= 0.6 is 11.3 Å². The highest BCUT2D eigenvalue weighted by molar-refractivity contribution is 7.15. The van der Waals surface area contributed by atoms with Crippen molar-refractivity contribution in [1.29, 1.82) is 0 Å². The van der Waals surface area contributed by atoms with E-state index in [1.165, 1.54) is 11.3 Å². The monoisotopic (exact) mass is 249 g/mol. The van der Waals surface area contributed by atoms with E-state index in [-0.39, 0.29) is 6.61 Å². The molecule has 0 atom stereocenters. The van der Waals surface area contributed by atoms with Crippen molar-refractivity contribution in [2.45, 2.75) is 20.5 Å². The number of nitrogens with zero attached hydrogens (tertiary/aromatic N) is 1. The Morgan fingerprint density at radius 1 is 1.41 bits per heavy atom. The predicted molar refractivity (Wildman–Crippen MR) is 69.4 cm³/mol. The molecule has 0 saturated heterocycles. The molecule has 0 fully saturated rings. The van der Waals surface area contributed by atoms with Gasteiger partial charge in [-0.3, -0.25) is 0 Å². The number of hydrogen-bond acceptors (Lipinski definition) is 4. The van der Waals surface area contributed by atoms with E-state index in [0.717, 1.165) is 26.9 Å². The maximum absolute atomic E-state index is 9.08. The molecule has 0 saturated carbocycles. The van der Waals surface area contributed by atoms with Crippen LogP contribution < -0.4 is 4.74 Å².